The number of allylic oxidation sites excluding steroid dienone is 1. The van der Waals surface area contributed by atoms with E-state index in [9.17, 15) is 0 Å². The molecule has 1 unspecified atom stereocenters. The lowest BCUT2D eigenvalue weighted by atomic mass is 9.95. The van der Waals surface area contributed by atoms with Gasteiger partial charge < -0.3 is 0 Å². The maximum absolute atomic E-state index is 4.13. The second-order valence-electron chi connectivity index (χ2n) is 3.62. The zero-order valence-electron chi connectivity index (χ0n) is 8.95. The minimum atomic E-state index is 0.482. The average molecular weight is 189 g/mol. The van der Waals surface area contributed by atoms with Crippen molar-refractivity contribution in [3.63, 3.8) is 0 Å². The van der Waals surface area contributed by atoms with E-state index in [4.69, 9.17) is 0 Å². The van der Waals surface area contributed by atoms with Crippen molar-refractivity contribution in [2.75, 3.05) is 0 Å². The molecule has 1 nitrogen and oxygen atoms in total. The van der Waals surface area contributed by atoms with E-state index >= 15 is 0 Å². The van der Waals surface area contributed by atoms with Gasteiger partial charge in [-0.05, 0) is 18.1 Å². The van der Waals surface area contributed by atoms with E-state index in [1.54, 1.807) is 0 Å². The van der Waals surface area contributed by atoms with Crippen LogP contribution in [0.4, 0.5) is 0 Å². The summed E-state index contributed by atoms with van der Waals surface area (Å²) in [6.07, 6.45) is 10.9. The number of pyridine rings is 1. The Kier molecular flexibility index (Phi) is 4.98. The number of hydrogen-bond donors (Lipinski definition) is 0. The topological polar surface area (TPSA) is 12.9 Å². The molecule has 0 aliphatic heterocycles. The summed E-state index contributed by atoms with van der Waals surface area (Å²) < 4.78 is 0. The molecule has 1 rings (SSSR count). The van der Waals surface area contributed by atoms with Crippen molar-refractivity contribution >= 4 is 0 Å². The van der Waals surface area contributed by atoms with E-state index < -0.39 is 0 Å². The molecule has 1 heteroatoms. The normalized spacial score (nSPS) is 12.4. The van der Waals surface area contributed by atoms with Crippen LogP contribution in [0.25, 0.3) is 0 Å². The second-order valence-corrected chi connectivity index (χ2v) is 3.62. The molecule has 0 amide bonds. The van der Waals surface area contributed by atoms with Crippen LogP contribution in [0.15, 0.2) is 37.2 Å². The van der Waals surface area contributed by atoms with Crippen molar-refractivity contribution in [3.05, 3.63) is 42.7 Å². The lowest BCUT2D eigenvalue weighted by Gasteiger charge is -2.11. The molecule has 1 aromatic rings. The molecule has 0 radical (unpaired) electrons. The second kappa shape index (κ2) is 6.36. The van der Waals surface area contributed by atoms with Crippen LogP contribution in [0.5, 0.6) is 0 Å². The summed E-state index contributed by atoms with van der Waals surface area (Å²) >= 11 is 0. The predicted octanol–water partition coefficient (Wildman–Crippen LogP) is 3.93. The Morgan fingerprint density at radius 3 is 2.93 bits per heavy atom. The fourth-order valence-electron chi connectivity index (χ4n) is 1.63. The van der Waals surface area contributed by atoms with Crippen LogP contribution in [-0.4, -0.2) is 4.98 Å². The molecule has 0 saturated heterocycles. The lowest BCUT2D eigenvalue weighted by molar-refractivity contribution is 0.628. The molecule has 1 atom stereocenters. The van der Waals surface area contributed by atoms with Gasteiger partial charge in [0.2, 0.25) is 0 Å². The van der Waals surface area contributed by atoms with Gasteiger partial charge in [-0.25, -0.2) is 0 Å². The monoisotopic (exact) mass is 189 g/mol. The van der Waals surface area contributed by atoms with Crippen molar-refractivity contribution in [2.24, 2.45) is 0 Å². The molecule has 0 aliphatic carbocycles. The highest BCUT2D eigenvalue weighted by Crippen LogP contribution is 2.22. The fourth-order valence-corrected chi connectivity index (χ4v) is 1.63. The summed E-state index contributed by atoms with van der Waals surface area (Å²) in [6, 6.07) is 4.12. The van der Waals surface area contributed by atoms with Gasteiger partial charge in [-0.3, -0.25) is 4.98 Å². The smallest absolute Gasteiger partial charge is 0.0305 e. The van der Waals surface area contributed by atoms with E-state index in [0.29, 0.717) is 5.92 Å². The van der Waals surface area contributed by atoms with Crippen molar-refractivity contribution in [1.82, 2.24) is 4.98 Å². The van der Waals surface area contributed by atoms with E-state index in [0.717, 1.165) is 0 Å². The van der Waals surface area contributed by atoms with E-state index in [1.807, 2.05) is 24.5 Å². The number of unbranched alkanes of at least 4 members (excludes halogenated alkanes) is 2. The van der Waals surface area contributed by atoms with Crippen molar-refractivity contribution in [1.29, 1.82) is 0 Å². The molecule has 76 valence electrons. The first kappa shape index (κ1) is 11.0. The fraction of sp³-hybridized carbons (Fsp3) is 0.462. The molecule has 1 aromatic heterocycles. The minimum Gasteiger partial charge on any atom is -0.264 e. The molecular weight excluding hydrogens is 170 g/mol. The highest BCUT2D eigenvalue weighted by molar-refractivity contribution is 5.18. The van der Waals surface area contributed by atoms with Crippen LogP contribution in [0.1, 0.15) is 44.1 Å². The Morgan fingerprint density at radius 2 is 2.36 bits per heavy atom. The van der Waals surface area contributed by atoms with Crippen molar-refractivity contribution < 1.29 is 0 Å². The van der Waals surface area contributed by atoms with Gasteiger partial charge in [0, 0.05) is 18.3 Å². The first-order chi connectivity index (χ1) is 6.88. The summed E-state index contributed by atoms with van der Waals surface area (Å²) in [7, 11) is 0. The lowest BCUT2D eigenvalue weighted by Crippen LogP contribution is -1.95. The van der Waals surface area contributed by atoms with Crippen LogP contribution in [0.3, 0.4) is 0 Å². The first-order valence-electron chi connectivity index (χ1n) is 5.41. The number of aromatic nitrogens is 1. The van der Waals surface area contributed by atoms with Crippen LogP contribution >= 0.6 is 0 Å². The summed E-state index contributed by atoms with van der Waals surface area (Å²) in [5, 5.41) is 0. The third-order valence-corrected chi connectivity index (χ3v) is 2.52. The van der Waals surface area contributed by atoms with Crippen LogP contribution < -0.4 is 0 Å². The molecule has 0 aliphatic rings. The van der Waals surface area contributed by atoms with Gasteiger partial charge in [0.1, 0.15) is 0 Å². The number of hydrogen-bond acceptors (Lipinski definition) is 1. The van der Waals surface area contributed by atoms with Gasteiger partial charge in [-0.15, -0.1) is 6.58 Å². The van der Waals surface area contributed by atoms with Gasteiger partial charge in [0.15, 0.2) is 0 Å². The molecule has 0 bridgehead atoms. The third kappa shape index (κ3) is 3.33. The summed E-state index contributed by atoms with van der Waals surface area (Å²) in [6.45, 7) is 6.12. The van der Waals surface area contributed by atoms with Crippen molar-refractivity contribution in [2.45, 2.75) is 38.5 Å². The standard InChI is InChI=1S/C13H19N/c1-3-5-6-8-12(4-2)13-9-7-10-14-11-13/h4,7,9-12H,2-3,5-6,8H2,1H3. The Balaban J connectivity index is 2.50. The maximum atomic E-state index is 4.13. The highest BCUT2D eigenvalue weighted by Gasteiger charge is 2.05. The Morgan fingerprint density at radius 1 is 1.50 bits per heavy atom. The molecule has 0 saturated carbocycles. The number of nitrogens with zero attached hydrogens (tertiary/aromatic N) is 1. The molecular formula is C13H19N. The molecule has 1 heterocycles. The molecule has 0 fully saturated rings. The van der Waals surface area contributed by atoms with Gasteiger partial charge in [-0.1, -0.05) is 38.3 Å². The third-order valence-electron chi connectivity index (χ3n) is 2.52. The largest absolute Gasteiger partial charge is 0.264 e. The van der Waals surface area contributed by atoms with E-state index in [2.05, 4.69) is 24.6 Å². The van der Waals surface area contributed by atoms with E-state index in [1.165, 1.54) is 31.2 Å². The Hall–Kier alpha value is -1.11. The van der Waals surface area contributed by atoms with E-state index in [-0.39, 0.29) is 0 Å². The molecule has 0 spiro atoms. The summed E-state index contributed by atoms with van der Waals surface area (Å²) in [5.74, 6) is 0.482. The minimum absolute atomic E-state index is 0.482. The summed E-state index contributed by atoms with van der Waals surface area (Å²) in [5.41, 5.74) is 1.29. The van der Waals surface area contributed by atoms with Gasteiger partial charge in [0.25, 0.3) is 0 Å². The van der Waals surface area contributed by atoms with Gasteiger partial charge in [0.05, 0.1) is 0 Å². The van der Waals surface area contributed by atoms with Gasteiger partial charge in [-0.2, -0.15) is 0 Å². The first-order valence-corrected chi connectivity index (χ1v) is 5.41. The van der Waals surface area contributed by atoms with Crippen LogP contribution in [0.2, 0.25) is 0 Å². The number of rotatable bonds is 6. The Bertz CT molecular complexity index is 253. The predicted molar refractivity (Wildman–Crippen MR) is 61.3 cm³/mol. The average Bonchev–Trinajstić information content (AvgIpc) is 2.26. The molecule has 0 N–H and O–H groups in total. The van der Waals surface area contributed by atoms with Crippen LogP contribution in [-0.2, 0) is 0 Å². The SMILES string of the molecule is C=CC(CCCCC)c1cccnc1. The highest BCUT2D eigenvalue weighted by atomic mass is 14.6. The zero-order valence-corrected chi connectivity index (χ0v) is 8.95. The summed E-state index contributed by atoms with van der Waals surface area (Å²) in [4.78, 5) is 4.13. The van der Waals surface area contributed by atoms with Crippen LogP contribution in [0, 0.1) is 0 Å². The molecule has 0 aromatic carbocycles. The van der Waals surface area contributed by atoms with Gasteiger partial charge >= 0.3 is 0 Å². The quantitative estimate of drug-likeness (QED) is 0.488. The molecule has 14 heavy (non-hydrogen) atoms. The van der Waals surface area contributed by atoms with Crippen molar-refractivity contribution in [3.8, 4) is 0 Å². The zero-order chi connectivity index (χ0) is 10.2. The maximum Gasteiger partial charge on any atom is 0.0305 e. The Labute approximate surface area is 86.9 Å².